The maximum atomic E-state index is 13.3. The minimum atomic E-state index is -1.02. The average Bonchev–Trinajstić information content (AvgIpc) is 3.38. The van der Waals surface area contributed by atoms with Crippen LogP contribution in [0.5, 0.6) is 5.75 Å². The van der Waals surface area contributed by atoms with E-state index in [1.54, 1.807) is 13.0 Å². The Bertz CT molecular complexity index is 1710. The molecule has 1 N–H and O–H groups in total. The molecular weight excluding hydrogens is 528 g/mol. The van der Waals surface area contributed by atoms with Crippen LogP contribution in [-0.4, -0.2) is 23.1 Å². The first kappa shape index (κ1) is 26.8. The maximum Gasteiger partial charge on any atom is 0.408 e. The van der Waals surface area contributed by atoms with Crippen LogP contribution in [0.3, 0.4) is 0 Å². The molecule has 0 saturated carbocycles. The zero-order valence-electron chi connectivity index (χ0n) is 21.9. The van der Waals surface area contributed by atoms with E-state index in [9.17, 15) is 14.4 Å². The van der Waals surface area contributed by atoms with Gasteiger partial charge in [-0.25, -0.2) is 14.6 Å². The predicted molar refractivity (Wildman–Crippen MR) is 152 cm³/mol. The molecule has 0 radical (unpaired) electrons. The summed E-state index contributed by atoms with van der Waals surface area (Å²) in [6, 6.07) is 20.6. The summed E-state index contributed by atoms with van der Waals surface area (Å²) in [4.78, 5) is 43.5. The highest BCUT2D eigenvalue weighted by molar-refractivity contribution is 7.13. The molecule has 0 spiro atoms. The summed E-state index contributed by atoms with van der Waals surface area (Å²) in [6.07, 6.45) is 0.821. The Morgan fingerprint density at radius 2 is 1.70 bits per heavy atom. The third kappa shape index (κ3) is 6.27. The van der Waals surface area contributed by atoms with Crippen molar-refractivity contribution in [2.45, 2.75) is 32.9 Å². The second-order valence-corrected chi connectivity index (χ2v) is 10.1. The molecule has 3 aromatic carbocycles. The van der Waals surface area contributed by atoms with E-state index in [4.69, 9.17) is 13.9 Å². The minimum absolute atomic E-state index is 0.0607. The molecule has 0 bridgehead atoms. The molecule has 5 aromatic rings. The van der Waals surface area contributed by atoms with Crippen LogP contribution in [0.1, 0.15) is 22.4 Å². The first-order chi connectivity index (χ1) is 19.4. The lowest BCUT2D eigenvalue weighted by atomic mass is 10.1. The van der Waals surface area contributed by atoms with E-state index >= 15 is 0 Å². The number of carbonyl (C=O) groups is 2. The van der Waals surface area contributed by atoms with Gasteiger partial charge < -0.3 is 19.2 Å². The van der Waals surface area contributed by atoms with Crippen LogP contribution in [0.15, 0.2) is 93.7 Å². The summed E-state index contributed by atoms with van der Waals surface area (Å²) < 4.78 is 16.8. The van der Waals surface area contributed by atoms with E-state index < -0.39 is 18.1 Å². The molecule has 1 unspecified atom stereocenters. The number of hydrogen-bond acceptors (Lipinski definition) is 8. The van der Waals surface area contributed by atoms with Gasteiger partial charge in [0.1, 0.15) is 35.3 Å². The molecule has 8 nitrogen and oxygen atoms in total. The number of carbonyl (C=O) groups excluding carboxylic acids is 2. The van der Waals surface area contributed by atoms with Crippen LogP contribution in [0.25, 0.3) is 21.5 Å². The Morgan fingerprint density at radius 1 is 1.00 bits per heavy atom. The molecule has 9 heteroatoms. The number of hydrogen-bond donors (Lipinski definition) is 1. The van der Waals surface area contributed by atoms with Gasteiger partial charge in [-0.05, 0) is 36.6 Å². The van der Waals surface area contributed by atoms with Crippen molar-refractivity contribution >= 4 is 34.4 Å². The summed E-state index contributed by atoms with van der Waals surface area (Å²) >= 11 is 1.37. The topological polar surface area (TPSA) is 108 Å². The number of benzene rings is 3. The van der Waals surface area contributed by atoms with Crippen LogP contribution in [0.4, 0.5) is 4.79 Å². The van der Waals surface area contributed by atoms with Crippen LogP contribution in [0, 0.1) is 13.8 Å². The van der Waals surface area contributed by atoms with Gasteiger partial charge in [0.15, 0.2) is 0 Å². The van der Waals surface area contributed by atoms with Gasteiger partial charge in [-0.3, -0.25) is 4.79 Å². The lowest BCUT2D eigenvalue weighted by molar-refractivity contribution is -0.136. The van der Waals surface area contributed by atoms with E-state index in [2.05, 4.69) is 10.3 Å². The van der Waals surface area contributed by atoms with E-state index in [0.717, 1.165) is 16.8 Å². The van der Waals surface area contributed by atoms with Crippen molar-refractivity contribution in [2.24, 2.45) is 0 Å². The smallest absolute Gasteiger partial charge is 0.408 e. The lowest BCUT2D eigenvalue weighted by Gasteiger charge is -2.18. The van der Waals surface area contributed by atoms with Gasteiger partial charge >= 0.3 is 12.1 Å². The zero-order valence-corrected chi connectivity index (χ0v) is 22.7. The highest BCUT2D eigenvalue weighted by atomic mass is 32.1. The summed E-state index contributed by atoms with van der Waals surface area (Å²) in [7, 11) is 0. The second-order valence-electron chi connectivity index (χ2n) is 9.26. The van der Waals surface area contributed by atoms with Crippen molar-refractivity contribution in [3.8, 4) is 16.3 Å². The van der Waals surface area contributed by atoms with Gasteiger partial charge in [-0.1, -0.05) is 60.7 Å². The SMILES string of the molecule is Cc1csc(-c2coc3cc(OC(=O)C(Cc4ccccc4)NC(=O)OCc4ccccc4)cc(C)c3c2=O)n1. The number of fused-ring (bicyclic) bond motifs is 1. The fraction of sp³-hybridized carbons (Fsp3) is 0.161. The first-order valence-electron chi connectivity index (χ1n) is 12.6. The molecule has 1 amide bonds. The van der Waals surface area contributed by atoms with Crippen molar-refractivity contribution in [1.82, 2.24) is 10.3 Å². The standard InChI is InChI=1S/C31H26N2O6S/c1-19-13-23(15-26-27(19)28(34)24(17-37-26)29-32-20(2)18-40-29)39-30(35)25(14-21-9-5-3-6-10-21)33-31(36)38-16-22-11-7-4-8-12-22/h3-13,15,17-18,25H,14,16H2,1-2H3,(H,33,36). The number of alkyl carbamates (subject to hydrolysis) is 1. The quantitative estimate of drug-likeness (QED) is 0.186. The van der Waals surface area contributed by atoms with Crippen molar-refractivity contribution in [1.29, 1.82) is 0 Å². The fourth-order valence-corrected chi connectivity index (χ4v) is 5.04. The van der Waals surface area contributed by atoms with Crippen LogP contribution >= 0.6 is 11.3 Å². The third-order valence-corrected chi connectivity index (χ3v) is 7.18. The molecule has 5 rings (SSSR count). The number of nitrogens with one attached hydrogen (secondary N) is 1. The molecule has 0 fully saturated rings. The normalized spacial score (nSPS) is 11.7. The Morgan fingerprint density at radius 3 is 2.38 bits per heavy atom. The number of aromatic nitrogens is 1. The summed E-state index contributed by atoms with van der Waals surface area (Å²) in [5.41, 5.74) is 3.50. The van der Waals surface area contributed by atoms with Gasteiger partial charge in [-0.2, -0.15) is 0 Å². The number of ether oxygens (including phenoxy) is 2. The maximum absolute atomic E-state index is 13.3. The number of nitrogens with zero attached hydrogens (tertiary/aromatic N) is 1. The molecular formula is C31H26N2O6S. The van der Waals surface area contributed by atoms with Crippen LogP contribution in [0.2, 0.25) is 0 Å². The minimum Gasteiger partial charge on any atom is -0.463 e. The number of thiazole rings is 1. The highest BCUT2D eigenvalue weighted by Gasteiger charge is 2.25. The number of rotatable bonds is 8. The predicted octanol–water partition coefficient (Wildman–Crippen LogP) is 5.98. The van der Waals surface area contributed by atoms with Crippen molar-refractivity contribution < 1.29 is 23.5 Å². The molecule has 40 heavy (non-hydrogen) atoms. The first-order valence-corrected chi connectivity index (χ1v) is 13.5. The molecule has 1 atom stereocenters. The van der Waals surface area contributed by atoms with E-state index in [1.165, 1.54) is 23.7 Å². The van der Waals surface area contributed by atoms with E-state index in [1.807, 2.05) is 73.0 Å². The Kier molecular flexibility index (Phi) is 8.02. The van der Waals surface area contributed by atoms with Crippen molar-refractivity contribution in [2.75, 3.05) is 0 Å². The summed E-state index contributed by atoms with van der Waals surface area (Å²) in [6.45, 7) is 3.66. The molecule has 2 heterocycles. The summed E-state index contributed by atoms with van der Waals surface area (Å²) in [5.74, 6) is -0.495. The van der Waals surface area contributed by atoms with E-state index in [-0.39, 0.29) is 29.8 Å². The zero-order chi connectivity index (χ0) is 28.1. The third-order valence-electron chi connectivity index (χ3n) is 6.19. The van der Waals surface area contributed by atoms with Crippen LogP contribution in [-0.2, 0) is 22.6 Å². The second kappa shape index (κ2) is 12.0. The van der Waals surface area contributed by atoms with Gasteiger partial charge in [0, 0.05) is 23.6 Å². The van der Waals surface area contributed by atoms with Gasteiger partial charge in [0.2, 0.25) is 5.43 Å². The summed E-state index contributed by atoms with van der Waals surface area (Å²) in [5, 5.41) is 5.46. The van der Waals surface area contributed by atoms with Gasteiger partial charge in [-0.15, -0.1) is 11.3 Å². The van der Waals surface area contributed by atoms with Crippen LogP contribution < -0.4 is 15.5 Å². The number of amides is 1. The molecule has 202 valence electrons. The Labute approximate surface area is 234 Å². The Hall–Kier alpha value is -4.76. The van der Waals surface area contributed by atoms with Gasteiger partial charge in [0.05, 0.1) is 10.9 Å². The van der Waals surface area contributed by atoms with Crippen molar-refractivity contribution in [3.05, 3.63) is 117 Å². The lowest BCUT2D eigenvalue weighted by Crippen LogP contribution is -2.44. The van der Waals surface area contributed by atoms with Crippen molar-refractivity contribution in [3.63, 3.8) is 0 Å². The molecule has 0 aliphatic carbocycles. The fourth-order valence-electron chi connectivity index (χ4n) is 4.24. The molecule has 0 aliphatic rings. The molecule has 0 saturated heterocycles. The van der Waals surface area contributed by atoms with E-state index in [0.29, 0.717) is 21.5 Å². The average molecular weight is 555 g/mol. The monoisotopic (exact) mass is 554 g/mol. The largest absolute Gasteiger partial charge is 0.463 e. The highest BCUT2D eigenvalue weighted by Crippen LogP contribution is 2.28. The van der Waals surface area contributed by atoms with Gasteiger partial charge in [0.25, 0.3) is 0 Å². The molecule has 0 aliphatic heterocycles. The Balaban J connectivity index is 1.36. The number of esters is 1. The molecule has 2 aromatic heterocycles. The number of aryl methyl sites for hydroxylation is 2.